The molecule has 4 heteroatoms. The van der Waals surface area contributed by atoms with Crippen LogP contribution in [0.25, 0.3) is 0 Å². The van der Waals surface area contributed by atoms with E-state index in [1.54, 1.807) is 0 Å². The molecule has 0 unspecified atom stereocenters. The maximum absolute atomic E-state index is 10.5. The van der Waals surface area contributed by atoms with Crippen molar-refractivity contribution < 1.29 is 34.7 Å². The van der Waals surface area contributed by atoms with Crippen molar-refractivity contribution in [2.45, 2.75) is 0 Å². The van der Waals surface area contributed by atoms with Gasteiger partial charge < -0.3 is 5.11 Å². The van der Waals surface area contributed by atoms with Crippen LogP contribution in [-0.4, -0.2) is 0 Å². The number of benzene rings is 1. The molecule has 0 saturated heterocycles. The van der Waals surface area contributed by atoms with Crippen molar-refractivity contribution in [1.82, 2.24) is 0 Å². The zero-order valence-corrected chi connectivity index (χ0v) is 8.91. The molecule has 0 spiro atoms. The van der Waals surface area contributed by atoms with Gasteiger partial charge in [-0.1, -0.05) is 29.3 Å². The van der Waals surface area contributed by atoms with Crippen molar-refractivity contribution >= 4 is 23.2 Å². The van der Waals surface area contributed by atoms with E-state index in [0.29, 0.717) is 10.0 Å². The van der Waals surface area contributed by atoms with Gasteiger partial charge in [0.25, 0.3) is 0 Å². The second kappa shape index (κ2) is 4.47. The third-order valence-electron chi connectivity index (χ3n) is 0.891. The Morgan fingerprint density at radius 2 is 1.70 bits per heavy atom. The van der Waals surface area contributed by atoms with Gasteiger partial charge in [-0.2, -0.15) is 0 Å². The monoisotopic (exact) mass is 184 g/mol. The molecule has 0 amide bonds. The molecule has 0 atom stereocenters. The standard InChI is InChI=1S/C6H4Cl2O.Na/c7-5-2-1-4(9)3-6(5)8;/h1-3,9H;/q;+1/p-1. The van der Waals surface area contributed by atoms with Crippen LogP contribution in [-0.2, 0) is 0 Å². The quantitative estimate of drug-likeness (QED) is 0.479. The van der Waals surface area contributed by atoms with Crippen molar-refractivity contribution in [3.8, 4) is 5.75 Å². The fourth-order valence-corrected chi connectivity index (χ4v) is 0.765. The Labute approximate surface area is 91.2 Å². The predicted molar refractivity (Wildman–Crippen MR) is 35.9 cm³/mol. The zero-order chi connectivity index (χ0) is 6.85. The molecule has 1 rings (SSSR count). The van der Waals surface area contributed by atoms with Crippen molar-refractivity contribution in [3.05, 3.63) is 28.2 Å². The van der Waals surface area contributed by atoms with Gasteiger partial charge in [0.15, 0.2) is 0 Å². The molecule has 10 heavy (non-hydrogen) atoms. The molecule has 0 bridgehead atoms. The van der Waals surface area contributed by atoms with Crippen LogP contribution >= 0.6 is 23.2 Å². The van der Waals surface area contributed by atoms with Crippen LogP contribution in [0, 0.1) is 0 Å². The summed E-state index contributed by atoms with van der Waals surface area (Å²) in [4.78, 5) is 0. The Hall–Kier alpha value is 0.600. The van der Waals surface area contributed by atoms with Gasteiger partial charge in [-0.05, 0) is 12.1 Å². The number of halogens is 2. The fourth-order valence-electron chi connectivity index (χ4n) is 0.477. The van der Waals surface area contributed by atoms with Gasteiger partial charge in [0.1, 0.15) is 0 Å². The SMILES string of the molecule is [Na+].[O-]c1ccc(Cl)c(Cl)c1. The van der Waals surface area contributed by atoms with Crippen LogP contribution in [0.5, 0.6) is 5.75 Å². The maximum atomic E-state index is 10.5. The second-order valence-corrected chi connectivity index (χ2v) is 2.39. The fraction of sp³-hybridized carbons (Fsp3) is 0. The van der Waals surface area contributed by atoms with E-state index in [1.165, 1.54) is 18.2 Å². The average molecular weight is 185 g/mol. The average Bonchev–Trinajstić information content (AvgIpc) is 1.80. The first-order valence-corrected chi connectivity index (χ1v) is 3.08. The summed E-state index contributed by atoms with van der Waals surface area (Å²) in [7, 11) is 0. The van der Waals surface area contributed by atoms with E-state index in [4.69, 9.17) is 23.2 Å². The van der Waals surface area contributed by atoms with Crippen LogP contribution in [0.1, 0.15) is 0 Å². The molecule has 0 fully saturated rings. The van der Waals surface area contributed by atoms with Crippen molar-refractivity contribution in [2.24, 2.45) is 0 Å². The van der Waals surface area contributed by atoms with Crippen LogP contribution < -0.4 is 34.7 Å². The summed E-state index contributed by atoms with van der Waals surface area (Å²) in [6.07, 6.45) is 0. The van der Waals surface area contributed by atoms with Crippen LogP contribution in [0.15, 0.2) is 18.2 Å². The van der Waals surface area contributed by atoms with Gasteiger partial charge in [0.2, 0.25) is 0 Å². The Morgan fingerprint density at radius 3 is 2.10 bits per heavy atom. The first-order valence-electron chi connectivity index (χ1n) is 2.32. The molecule has 0 aromatic heterocycles. The third kappa shape index (κ3) is 2.69. The molecule has 0 N–H and O–H groups in total. The molecule has 0 aliphatic carbocycles. The van der Waals surface area contributed by atoms with Crippen molar-refractivity contribution in [3.63, 3.8) is 0 Å². The smallest absolute Gasteiger partial charge is 0.872 e. The van der Waals surface area contributed by atoms with E-state index >= 15 is 0 Å². The Kier molecular flexibility index (Phi) is 4.74. The Bertz CT molecular complexity index is 227. The number of hydrogen-bond donors (Lipinski definition) is 0. The van der Waals surface area contributed by atoms with E-state index in [0.717, 1.165) is 0 Å². The van der Waals surface area contributed by atoms with Gasteiger partial charge >= 0.3 is 29.6 Å². The maximum Gasteiger partial charge on any atom is 1.00 e. The van der Waals surface area contributed by atoms with E-state index < -0.39 is 0 Å². The summed E-state index contributed by atoms with van der Waals surface area (Å²) in [5, 5.41) is 11.2. The molecule has 1 aromatic rings. The normalized spacial score (nSPS) is 8.60. The van der Waals surface area contributed by atoms with Crippen LogP contribution in [0.3, 0.4) is 0 Å². The van der Waals surface area contributed by atoms with Gasteiger partial charge in [-0.15, -0.1) is 5.75 Å². The minimum Gasteiger partial charge on any atom is -0.872 e. The van der Waals surface area contributed by atoms with E-state index in [9.17, 15) is 5.11 Å². The molecule has 0 aliphatic rings. The molecule has 0 aliphatic heterocycles. The van der Waals surface area contributed by atoms with Crippen molar-refractivity contribution in [1.29, 1.82) is 0 Å². The molecule has 1 aromatic carbocycles. The Morgan fingerprint density at radius 1 is 1.10 bits per heavy atom. The van der Waals surface area contributed by atoms with Gasteiger partial charge in [-0.3, -0.25) is 0 Å². The predicted octanol–water partition coefficient (Wildman–Crippen LogP) is -0.929. The topological polar surface area (TPSA) is 23.1 Å². The zero-order valence-electron chi connectivity index (χ0n) is 5.40. The first kappa shape index (κ1) is 10.6. The summed E-state index contributed by atoms with van der Waals surface area (Å²) in [5.74, 6) is -0.121. The van der Waals surface area contributed by atoms with Crippen molar-refractivity contribution in [2.75, 3.05) is 0 Å². The molecular weight excluding hydrogens is 182 g/mol. The summed E-state index contributed by atoms with van der Waals surface area (Å²) in [6.45, 7) is 0. The minimum absolute atomic E-state index is 0. The minimum atomic E-state index is -0.121. The summed E-state index contributed by atoms with van der Waals surface area (Å²) in [6, 6.07) is 4.13. The van der Waals surface area contributed by atoms with Crippen LogP contribution in [0.4, 0.5) is 0 Å². The molecular formula is C6H3Cl2NaO. The summed E-state index contributed by atoms with van der Waals surface area (Å²) >= 11 is 11.0. The molecule has 0 heterocycles. The van der Waals surface area contributed by atoms with E-state index in [2.05, 4.69) is 0 Å². The van der Waals surface area contributed by atoms with E-state index in [-0.39, 0.29) is 35.3 Å². The first-order chi connectivity index (χ1) is 4.20. The second-order valence-electron chi connectivity index (χ2n) is 1.58. The van der Waals surface area contributed by atoms with E-state index in [1.807, 2.05) is 0 Å². The molecule has 0 radical (unpaired) electrons. The number of hydrogen-bond acceptors (Lipinski definition) is 1. The molecule has 1 nitrogen and oxygen atoms in total. The largest absolute Gasteiger partial charge is 1.00 e. The third-order valence-corrected chi connectivity index (χ3v) is 1.63. The summed E-state index contributed by atoms with van der Waals surface area (Å²) < 4.78 is 0. The Balaban J connectivity index is 0.000000810. The van der Waals surface area contributed by atoms with Crippen LogP contribution in [0.2, 0.25) is 10.0 Å². The van der Waals surface area contributed by atoms with Gasteiger partial charge in [0.05, 0.1) is 10.0 Å². The van der Waals surface area contributed by atoms with Gasteiger partial charge in [0, 0.05) is 0 Å². The molecule has 0 saturated carbocycles. The van der Waals surface area contributed by atoms with Gasteiger partial charge in [-0.25, -0.2) is 0 Å². The molecule has 48 valence electrons. The summed E-state index contributed by atoms with van der Waals surface area (Å²) in [5.41, 5.74) is 0. The number of rotatable bonds is 0.